The highest BCUT2D eigenvalue weighted by molar-refractivity contribution is 9.09. The van der Waals surface area contributed by atoms with Crippen LogP contribution in [0.25, 0.3) is 11.0 Å². The van der Waals surface area contributed by atoms with Crippen LogP contribution in [0.5, 0.6) is 0 Å². The van der Waals surface area contributed by atoms with Gasteiger partial charge in [-0.05, 0) is 30.9 Å². The van der Waals surface area contributed by atoms with Crippen molar-refractivity contribution >= 4 is 32.9 Å². The summed E-state index contributed by atoms with van der Waals surface area (Å²) in [5.74, 6) is 1.48. The second-order valence-electron chi connectivity index (χ2n) is 7.31. The number of hydrazine groups is 1. The maximum Gasteiger partial charge on any atom is 0.242 e. The number of likely N-dealkylation sites (tertiary alicyclic amines) is 1. The van der Waals surface area contributed by atoms with Crippen LogP contribution >= 0.6 is 15.9 Å². The molecule has 0 aliphatic carbocycles. The third kappa shape index (κ3) is 2.98. The minimum absolute atomic E-state index is 0.0273. The van der Waals surface area contributed by atoms with Crippen LogP contribution in [-0.2, 0) is 4.79 Å². The van der Waals surface area contributed by atoms with Gasteiger partial charge in [0.2, 0.25) is 5.91 Å². The quantitative estimate of drug-likeness (QED) is 0.685. The van der Waals surface area contributed by atoms with Crippen LogP contribution in [-0.4, -0.2) is 44.2 Å². The fourth-order valence-corrected chi connectivity index (χ4v) is 5.01. The zero-order valence-electron chi connectivity index (χ0n) is 14.5. The highest BCUT2D eigenvalue weighted by atomic mass is 79.9. The van der Waals surface area contributed by atoms with E-state index in [1.165, 1.54) is 0 Å². The van der Waals surface area contributed by atoms with Crippen molar-refractivity contribution in [1.82, 2.24) is 25.7 Å². The Hall–Kier alpha value is -1.44. The van der Waals surface area contributed by atoms with Crippen molar-refractivity contribution in [3.8, 4) is 0 Å². The van der Waals surface area contributed by atoms with Crippen molar-refractivity contribution < 1.29 is 4.79 Å². The molecule has 3 N–H and O–H groups in total. The molecular formula is C18H24BrN5O. The van der Waals surface area contributed by atoms with E-state index in [2.05, 4.69) is 45.6 Å². The zero-order chi connectivity index (χ0) is 17.6. The number of aromatic nitrogens is 2. The number of imidazole rings is 1. The molecule has 7 heteroatoms. The molecule has 4 atom stereocenters. The van der Waals surface area contributed by atoms with Gasteiger partial charge in [-0.25, -0.2) is 10.4 Å². The number of nitrogens with one attached hydrogen (secondary N) is 3. The molecule has 6 nitrogen and oxygen atoms in total. The van der Waals surface area contributed by atoms with Crippen LogP contribution in [0.3, 0.4) is 0 Å². The lowest BCUT2D eigenvalue weighted by Gasteiger charge is -2.27. The number of para-hydroxylation sites is 2. The van der Waals surface area contributed by atoms with Crippen molar-refractivity contribution in [2.24, 2.45) is 5.92 Å². The van der Waals surface area contributed by atoms with Crippen LogP contribution in [0.2, 0.25) is 0 Å². The van der Waals surface area contributed by atoms with E-state index in [0.717, 1.165) is 36.2 Å². The van der Waals surface area contributed by atoms with Crippen LogP contribution < -0.4 is 10.9 Å². The molecule has 0 bridgehead atoms. The van der Waals surface area contributed by atoms with E-state index in [4.69, 9.17) is 4.98 Å². The summed E-state index contributed by atoms with van der Waals surface area (Å²) in [7, 11) is 0. The SMILES string of the molecule is CC(C)C1NNC(C(=O)N2CCCC2c2nc3ccccc3[nH]2)C1Br. The average Bonchev–Trinajstić information content (AvgIpc) is 3.31. The van der Waals surface area contributed by atoms with Crippen molar-refractivity contribution in [3.05, 3.63) is 30.1 Å². The van der Waals surface area contributed by atoms with Crippen molar-refractivity contribution in [2.75, 3.05) is 6.54 Å². The number of H-pyrrole nitrogens is 1. The summed E-state index contributed by atoms with van der Waals surface area (Å²) >= 11 is 3.73. The number of benzene rings is 1. The fraction of sp³-hybridized carbons (Fsp3) is 0.556. The van der Waals surface area contributed by atoms with Gasteiger partial charge in [-0.2, -0.15) is 0 Å². The van der Waals surface area contributed by atoms with Gasteiger partial charge < -0.3 is 9.88 Å². The molecule has 25 heavy (non-hydrogen) atoms. The number of carbonyl (C=O) groups is 1. The molecule has 4 rings (SSSR count). The van der Waals surface area contributed by atoms with E-state index in [9.17, 15) is 4.79 Å². The number of carbonyl (C=O) groups excluding carboxylic acids is 1. The first-order valence-corrected chi connectivity index (χ1v) is 9.88. The summed E-state index contributed by atoms with van der Waals surface area (Å²) in [6.07, 6.45) is 1.96. The van der Waals surface area contributed by atoms with Gasteiger partial charge in [0, 0.05) is 12.6 Å². The second kappa shape index (κ2) is 6.70. The minimum atomic E-state index is -0.252. The standard InChI is InChI=1S/C18H24BrN5O/c1-10(2)15-14(19)16(23-22-15)18(25)24-9-5-8-13(24)17-20-11-6-3-4-7-12(11)21-17/h3-4,6-7,10,13-16,22-23H,5,8-9H2,1-2H3,(H,20,21). The third-order valence-corrected chi connectivity index (χ3v) is 6.41. The highest BCUT2D eigenvalue weighted by Gasteiger charge is 2.44. The number of fused-ring (bicyclic) bond motifs is 1. The van der Waals surface area contributed by atoms with E-state index in [0.29, 0.717) is 5.92 Å². The van der Waals surface area contributed by atoms with E-state index < -0.39 is 0 Å². The van der Waals surface area contributed by atoms with Gasteiger partial charge in [0.25, 0.3) is 0 Å². The predicted octanol–water partition coefficient (Wildman–Crippen LogP) is 2.49. The van der Waals surface area contributed by atoms with E-state index >= 15 is 0 Å². The lowest BCUT2D eigenvalue weighted by molar-refractivity contribution is -0.134. The minimum Gasteiger partial charge on any atom is -0.340 e. The lowest BCUT2D eigenvalue weighted by atomic mass is 9.99. The summed E-state index contributed by atoms with van der Waals surface area (Å²) < 4.78 is 0. The molecule has 0 radical (unpaired) electrons. The monoisotopic (exact) mass is 405 g/mol. The maximum absolute atomic E-state index is 13.2. The molecule has 2 aliphatic heterocycles. The number of hydrogen-bond acceptors (Lipinski definition) is 4. The molecule has 0 spiro atoms. The van der Waals surface area contributed by atoms with E-state index in [-0.39, 0.29) is 28.9 Å². The molecule has 2 saturated heterocycles. The Kier molecular flexibility index (Phi) is 4.56. The summed E-state index contributed by atoms with van der Waals surface area (Å²) in [5, 5.41) is 0. The zero-order valence-corrected chi connectivity index (χ0v) is 16.1. The third-order valence-electron chi connectivity index (χ3n) is 5.31. The first kappa shape index (κ1) is 17.0. The van der Waals surface area contributed by atoms with E-state index in [1.807, 2.05) is 29.2 Å². The summed E-state index contributed by atoms with van der Waals surface area (Å²) in [4.78, 5) is 23.4. The topological polar surface area (TPSA) is 73.0 Å². The van der Waals surface area contributed by atoms with Gasteiger partial charge in [0.1, 0.15) is 11.9 Å². The normalized spacial score (nSPS) is 29.8. The fourth-order valence-electron chi connectivity index (χ4n) is 3.91. The number of alkyl halides is 1. The number of aromatic amines is 1. The van der Waals surface area contributed by atoms with Crippen LogP contribution in [0.15, 0.2) is 24.3 Å². The Bertz CT molecular complexity index is 743. The average molecular weight is 406 g/mol. The number of rotatable bonds is 3. The number of halogens is 1. The van der Waals surface area contributed by atoms with Gasteiger partial charge in [-0.1, -0.05) is 41.9 Å². The Morgan fingerprint density at radius 3 is 2.84 bits per heavy atom. The van der Waals surface area contributed by atoms with Gasteiger partial charge in [-0.3, -0.25) is 10.2 Å². The highest BCUT2D eigenvalue weighted by Crippen LogP contribution is 2.33. The van der Waals surface area contributed by atoms with Crippen molar-refractivity contribution in [1.29, 1.82) is 0 Å². The number of nitrogens with zero attached hydrogens (tertiary/aromatic N) is 2. The molecule has 0 saturated carbocycles. The molecule has 4 unspecified atom stereocenters. The molecule has 134 valence electrons. The molecule has 2 aromatic rings. The summed E-state index contributed by atoms with van der Waals surface area (Å²) in [6.45, 7) is 5.10. The molecular weight excluding hydrogens is 382 g/mol. The molecule has 2 aliphatic rings. The molecule has 1 aromatic heterocycles. The van der Waals surface area contributed by atoms with Gasteiger partial charge in [-0.15, -0.1) is 0 Å². The Balaban J connectivity index is 1.56. The Morgan fingerprint density at radius 2 is 2.12 bits per heavy atom. The first-order chi connectivity index (χ1) is 12.1. The van der Waals surface area contributed by atoms with Crippen LogP contribution in [0.1, 0.15) is 38.6 Å². The molecule has 1 amide bonds. The number of amides is 1. The molecule has 3 heterocycles. The Labute approximate surface area is 155 Å². The maximum atomic E-state index is 13.2. The largest absolute Gasteiger partial charge is 0.340 e. The van der Waals surface area contributed by atoms with Crippen molar-refractivity contribution in [2.45, 2.75) is 49.6 Å². The second-order valence-corrected chi connectivity index (χ2v) is 8.37. The number of hydrogen-bond donors (Lipinski definition) is 3. The van der Waals surface area contributed by atoms with Crippen LogP contribution in [0, 0.1) is 5.92 Å². The summed E-state index contributed by atoms with van der Waals surface area (Å²) in [6, 6.07) is 8.02. The van der Waals surface area contributed by atoms with Gasteiger partial charge >= 0.3 is 0 Å². The van der Waals surface area contributed by atoms with E-state index in [1.54, 1.807) is 0 Å². The van der Waals surface area contributed by atoms with Crippen LogP contribution in [0.4, 0.5) is 0 Å². The lowest BCUT2D eigenvalue weighted by Crippen LogP contribution is -2.48. The van der Waals surface area contributed by atoms with Gasteiger partial charge in [0.15, 0.2) is 0 Å². The molecule has 1 aromatic carbocycles. The smallest absolute Gasteiger partial charge is 0.242 e. The molecule has 2 fully saturated rings. The van der Waals surface area contributed by atoms with Gasteiger partial charge in [0.05, 0.1) is 21.9 Å². The predicted molar refractivity (Wildman–Crippen MR) is 101 cm³/mol. The summed E-state index contributed by atoms with van der Waals surface area (Å²) in [5.41, 5.74) is 8.44. The Morgan fingerprint density at radius 1 is 1.32 bits per heavy atom. The first-order valence-electron chi connectivity index (χ1n) is 8.96. The van der Waals surface area contributed by atoms with Crippen molar-refractivity contribution in [3.63, 3.8) is 0 Å².